The predicted octanol–water partition coefficient (Wildman–Crippen LogP) is 3.67. The number of amides is 4. The van der Waals surface area contributed by atoms with Crippen molar-refractivity contribution < 1.29 is 19.2 Å². The van der Waals surface area contributed by atoms with Crippen molar-refractivity contribution in [2.24, 2.45) is 5.92 Å². The van der Waals surface area contributed by atoms with E-state index < -0.39 is 0 Å². The van der Waals surface area contributed by atoms with Gasteiger partial charge in [-0.15, -0.1) is 0 Å². The molecule has 0 unspecified atom stereocenters. The minimum atomic E-state index is -0.0843. The number of piperidine rings is 2. The third kappa shape index (κ3) is 6.52. The Bertz CT molecular complexity index is 1670. The number of hydrogen-bond acceptors (Lipinski definition) is 6. The second-order valence-corrected chi connectivity index (χ2v) is 13.2. The second-order valence-electron chi connectivity index (χ2n) is 13.2. The smallest absolute Gasteiger partial charge is 0.254 e. The van der Waals surface area contributed by atoms with Gasteiger partial charge in [0.25, 0.3) is 11.8 Å². The Morgan fingerprint density at radius 2 is 1.38 bits per heavy atom. The number of nitrogens with zero attached hydrogens (tertiary/aromatic N) is 5. The van der Waals surface area contributed by atoms with E-state index >= 15 is 0 Å². The summed E-state index contributed by atoms with van der Waals surface area (Å²) < 4.78 is 0. The number of carbonyl (C=O) groups excluding carboxylic acids is 4. The van der Waals surface area contributed by atoms with Crippen LogP contribution in [-0.4, -0.2) is 107 Å². The molecule has 3 fully saturated rings. The van der Waals surface area contributed by atoms with Crippen LogP contribution in [0.3, 0.4) is 0 Å². The Kier molecular flexibility index (Phi) is 8.77. The van der Waals surface area contributed by atoms with E-state index in [1.807, 2.05) is 75.4 Å². The van der Waals surface area contributed by atoms with E-state index in [4.69, 9.17) is 4.98 Å². The summed E-state index contributed by atoms with van der Waals surface area (Å²) >= 11 is 0. The quantitative estimate of drug-likeness (QED) is 0.460. The number of hydrogen-bond donors (Lipinski definition) is 1. The van der Waals surface area contributed by atoms with Crippen molar-refractivity contribution >= 4 is 23.6 Å². The van der Waals surface area contributed by atoms with E-state index in [0.717, 1.165) is 74.2 Å². The summed E-state index contributed by atoms with van der Waals surface area (Å²) in [6.45, 7) is 7.89. The summed E-state index contributed by atoms with van der Waals surface area (Å²) in [6, 6.07) is 19.8. The Morgan fingerprint density at radius 1 is 0.723 bits per heavy atom. The largest absolute Gasteiger partial charge is 0.348 e. The van der Waals surface area contributed by atoms with Gasteiger partial charge in [-0.1, -0.05) is 42.5 Å². The number of benzene rings is 2. The first kappa shape index (κ1) is 31.1. The van der Waals surface area contributed by atoms with Gasteiger partial charge in [0.2, 0.25) is 11.8 Å². The van der Waals surface area contributed by atoms with Crippen molar-refractivity contribution in [3.8, 4) is 22.5 Å². The molecule has 5 heterocycles. The molecule has 2 aromatic carbocycles. The summed E-state index contributed by atoms with van der Waals surface area (Å²) in [6.07, 6.45) is 3.40. The predicted molar refractivity (Wildman–Crippen MR) is 178 cm³/mol. The number of aromatic nitrogens is 1. The first-order valence-corrected chi connectivity index (χ1v) is 16.9. The van der Waals surface area contributed by atoms with Gasteiger partial charge < -0.3 is 20.0 Å². The molecule has 10 heteroatoms. The fourth-order valence-electron chi connectivity index (χ4n) is 7.55. The van der Waals surface area contributed by atoms with Crippen molar-refractivity contribution in [3.05, 3.63) is 77.4 Å². The Labute approximate surface area is 275 Å². The highest BCUT2D eigenvalue weighted by atomic mass is 16.2. The van der Waals surface area contributed by atoms with Crippen LogP contribution in [0.5, 0.6) is 0 Å². The maximum Gasteiger partial charge on any atom is 0.254 e. The van der Waals surface area contributed by atoms with Gasteiger partial charge in [-0.25, -0.2) is 4.98 Å². The molecule has 0 spiro atoms. The van der Waals surface area contributed by atoms with E-state index in [-0.39, 0.29) is 29.5 Å². The van der Waals surface area contributed by atoms with Gasteiger partial charge in [0.1, 0.15) is 0 Å². The monoisotopic (exact) mass is 634 g/mol. The molecule has 3 aromatic rings. The highest BCUT2D eigenvalue weighted by Gasteiger charge is 2.34. The van der Waals surface area contributed by atoms with Gasteiger partial charge in [-0.05, 0) is 49.4 Å². The summed E-state index contributed by atoms with van der Waals surface area (Å²) in [5.74, 6) is 0.263. The molecule has 244 valence electrons. The molecule has 4 amide bonds. The normalized spacial score (nSPS) is 19.4. The van der Waals surface area contributed by atoms with Gasteiger partial charge in [0.15, 0.2) is 0 Å². The second kappa shape index (κ2) is 13.3. The lowest BCUT2D eigenvalue weighted by molar-refractivity contribution is -0.141. The number of rotatable bonds is 5. The number of carbonyl (C=O) groups is 4. The summed E-state index contributed by atoms with van der Waals surface area (Å²) in [5, 5.41) is 2.87. The van der Waals surface area contributed by atoms with Crippen LogP contribution in [0.15, 0.2) is 60.7 Å². The molecule has 1 N–H and O–H groups in total. The topological polar surface area (TPSA) is 106 Å². The molecule has 1 aromatic heterocycles. The fourth-order valence-corrected chi connectivity index (χ4v) is 7.55. The summed E-state index contributed by atoms with van der Waals surface area (Å²) in [4.78, 5) is 64.4. The van der Waals surface area contributed by atoms with Gasteiger partial charge in [0.05, 0.1) is 11.4 Å². The SMILES string of the molecule is CC(=O)N1CCC(C(=O)N2CCC(N3CCN(C(=O)c4cc(-c5ccccc5)nc(-c5ccc6c(c5)C(=O)NC6)c4)CC3)CC2)CC1. The van der Waals surface area contributed by atoms with Crippen molar-refractivity contribution in [2.75, 3.05) is 52.4 Å². The first-order valence-electron chi connectivity index (χ1n) is 16.9. The van der Waals surface area contributed by atoms with Crippen LogP contribution in [0.25, 0.3) is 22.5 Å². The average Bonchev–Trinajstić information content (AvgIpc) is 3.51. The van der Waals surface area contributed by atoms with Crippen LogP contribution in [0, 0.1) is 5.92 Å². The van der Waals surface area contributed by atoms with Crippen LogP contribution in [0.1, 0.15) is 58.9 Å². The number of nitrogens with one attached hydrogen (secondary N) is 1. The highest BCUT2D eigenvalue weighted by Crippen LogP contribution is 2.29. The van der Waals surface area contributed by atoms with E-state index in [9.17, 15) is 19.2 Å². The Balaban J connectivity index is 0.992. The van der Waals surface area contributed by atoms with Crippen LogP contribution in [-0.2, 0) is 16.1 Å². The molecule has 0 radical (unpaired) electrons. The van der Waals surface area contributed by atoms with Crippen LogP contribution in [0.2, 0.25) is 0 Å². The lowest BCUT2D eigenvalue weighted by Crippen LogP contribution is -2.55. The molecule has 0 saturated carbocycles. The van der Waals surface area contributed by atoms with Gasteiger partial charge >= 0.3 is 0 Å². The fraction of sp³-hybridized carbons (Fsp3) is 0.432. The van der Waals surface area contributed by atoms with Crippen LogP contribution < -0.4 is 5.32 Å². The summed E-state index contributed by atoms with van der Waals surface area (Å²) in [5.41, 5.74) is 5.34. The molecule has 7 rings (SSSR count). The molecule has 4 aliphatic rings. The highest BCUT2D eigenvalue weighted by molar-refractivity contribution is 6.00. The molecule has 10 nitrogen and oxygen atoms in total. The molecule has 47 heavy (non-hydrogen) atoms. The zero-order chi connectivity index (χ0) is 32.5. The van der Waals surface area contributed by atoms with Crippen molar-refractivity contribution in [2.45, 2.75) is 45.2 Å². The minimum Gasteiger partial charge on any atom is -0.348 e. The third-order valence-electron chi connectivity index (χ3n) is 10.4. The molecule has 0 aliphatic carbocycles. The zero-order valence-electron chi connectivity index (χ0n) is 27.0. The van der Waals surface area contributed by atoms with E-state index in [1.165, 1.54) is 0 Å². The van der Waals surface area contributed by atoms with Gasteiger partial charge in [-0.3, -0.25) is 24.1 Å². The summed E-state index contributed by atoms with van der Waals surface area (Å²) in [7, 11) is 0. The minimum absolute atomic E-state index is 0.0133. The number of piperazine rings is 1. The van der Waals surface area contributed by atoms with E-state index in [2.05, 4.69) is 10.2 Å². The molecule has 0 bridgehead atoms. The molecule has 3 saturated heterocycles. The lowest BCUT2D eigenvalue weighted by Gasteiger charge is -2.43. The van der Waals surface area contributed by atoms with Gasteiger partial charge in [-0.2, -0.15) is 0 Å². The number of pyridine rings is 1. The van der Waals surface area contributed by atoms with E-state index in [1.54, 1.807) is 6.92 Å². The van der Waals surface area contributed by atoms with Crippen molar-refractivity contribution in [1.29, 1.82) is 0 Å². The van der Waals surface area contributed by atoms with E-state index in [0.29, 0.717) is 55.6 Å². The maximum absolute atomic E-state index is 14.0. The standard InChI is InChI=1S/C37H42N6O4/c1-25(44)40-13-9-27(10-14-40)36(46)42-15-11-31(12-16-42)41-17-19-43(20-18-41)37(47)30-22-33(26-5-3-2-4-6-26)39-34(23-30)28-7-8-29-24-38-35(45)32(29)21-28/h2-8,21-23,27,31H,9-20,24H2,1H3,(H,38,45). The Hall–Kier alpha value is -4.57. The van der Waals surface area contributed by atoms with Crippen LogP contribution in [0.4, 0.5) is 0 Å². The maximum atomic E-state index is 14.0. The zero-order valence-corrected chi connectivity index (χ0v) is 27.0. The Morgan fingerprint density at radius 3 is 2.06 bits per heavy atom. The molecule has 4 aliphatic heterocycles. The average molecular weight is 635 g/mol. The molecule has 0 atom stereocenters. The number of fused-ring (bicyclic) bond motifs is 1. The molecular weight excluding hydrogens is 592 g/mol. The van der Waals surface area contributed by atoms with Gasteiger partial charge in [0, 0.05) is 100 Å². The number of likely N-dealkylation sites (tertiary alicyclic amines) is 2. The molecular formula is C37H42N6O4. The van der Waals surface area contributed by atoms with Crippen molar-refractivity contribution in [1.82, 2.24) is 29.9 Å². The van der Waals surface area contributed by atoms with Crippen LogP contribution >= 0.6 is 0 Å². The first-order chi connectivity index (χ1) is 22.8. The van der Waals surface area contributed by atoms with Crippen molar-refractivity contribution in [3.63, 3.8) is 0 Å². The lowest BCUT2D eigenvalue weighted by atomic mass is 9.93. The third-order valence-corrected chi connectivity index (χ3v) is 10.4.